The van der Waals surface area contributed by atoms with Gasteiger partial charge in [-0.2, -0.15) is 4.98 Å². The smallest absolute Gasteiger partial charge is 0.229 e. The molecule has 0 amide bonds. The minimum absolute atomic E-state index is 0.0408. The van der Waals surface area contributed by atoms with Gasteiger partial charge in [-0.15, -0.1) is 0 Å². The van der Waals surface area contributed by atoms with E-state index in [2.05, 4.69) is 4.98 Å². The number of nitrogens with zero attached hydrogens (tertiary/aromatic N) is 2. The fourth-order valence-corrected chi connectivity index (χ4v) is 2.16. The Hall–Kier alpha value is -2.36. The van der Waals surface area contributed by atoms with Crippen LogP contribution in [0.5, 0.6) is 5.88 Å². The molecule has 3 aromatic rings. The molecule has 0 unspecified atom stereocenters. The molecular weight excluding hydrogens is 231 g/mol. The third kappa shape index (κ3) is 1.54. The molecule has 1 aromatic heterocycles. The molecule has 0 atom stereocenters. The third-order valence-electron chi connectivity index (χ3n) is 2.98. The Morgan fingerprint density at radius 2 is 1.83 bits per heavy atom. The van der Waals surface area contributed by atoms with Crippen LogP contribution >= 0.6 is 0 Å². The number of benzene rings is 2. The summed E-state index contributed by atoms with van der Waals surface area (Å²) in [7, 11) is 1.79. The fraction of sp³-hybridized carbons (Fsp3) is 0.0714. The number of imidazole rings is 1. The van der Waals surface area contributed by atoms with Gasteiger partial charge in [0.05, 0.1) is 6.20 Å². The summed E-state index contributed by atoms with van der Waals surface area (Å²) in [5.41, 5.74) is 0.801. The average Bonchev–Trinajstić information content (AvgIpc) is 2.69. The Kier molecular flexibility index (Phi) is 2.30. The van der Waals surface area contributed by atoms with Crippen molar-refractivity contribution in [1.29, 1.82) is 0 Å². The van der Waals surface area contributed by atoms with Crippen LogP contribution in [0.4, 0.5) is 4.39 Å². The zero-order valence-electron chi connectivity index (χ0n) is 9.76. The van der Waals surface area contributed by atoms with Crippen LogP contribution in [0.25, 0.3) is 22.2 Å². The minimum Gasteiger partial charge on any atom is -0.492 e. The van der Waals surface area contributed by atoms with Crippen LogP contribution in [0, 0.1) is 5.82 Å². The van der Waals surface area contributed by atoms with Crippen molar-refractivity contribution < 1.29 is 9.50 Å². The van der Waals surface area contributed by atoms with Gasteiger partial charge >= 0.3 is 0 Å². The van der Waals surface area contributed by atoms with Gasteiger partial charge in [0.15, 0.2) is 0 Å². The van der Waals surface area contributed by atoms with E-state index in [0.717, 1.165) is 10.9 Å². The first-order chi connectivity index (χ1) is 8.66. The Labute approximate surface area is 103 Å². The molecule has 0 aliphatic rings. The number of hydrogen-bond acceptors (Lipinski definition) is 2. The molecule has 0 saturated heterocycles. The summed E-state index contributed by atoms with van der Waals surface area (Å²) in [5.74, 6) is 0.317. The number of rotatable bonds is 1. The molecule has 3 nitrogen and oxygen atoms in total. The van der Waals surface area contributed by atoms with Gasteiger partial charge < -0.3 is 9.67 Å². The SMILES string of the molecule is Cn1cc(O)nc1-c1ccc(F)c2ccccc12. The molecule has 0 aliphatic carbocycles. The maximum absolute atomic E-state index is 13.7. The van der Waals surface area contributed by atoms with Gasteiger partial charge in [-0.1, -0.05) is 24.3 Å². The zero-order valence-corrected chi connectivity index (χ0v) is 9.76. The van der Waals surface area contributed by atoms with Gasteiger partial charge in [0.25, 0.3) is 0 Å². The summed E-state index contributed by atoms with van der Waals surface area (Å²) in [6, 6.07) is 10.3. The molecule has 90 valence electrons. The van der Waals surface area contributed by atoms with Crippen molar-refractivity contribution >= 4 is 10.8 Å². The Balaban J connectivity index is 2.37. The highest BCUT2D eigenvalue weighted by Gasteiger charge is 2.12. The molecule has 3 rings (SSSR count). The minimum atomic E-state index is -0.257. The summed E-state index contributed by atoms with van der Waals surface area (Å²) in [5, 5.41) is 10.8. The predicted molar refractivity (Wildman–Crippen MR) is 67.8 cm³/mol. The first-order valence-electron chi connectivity index (χ1n) is 5.57. The topological polar surface area (TPSA) is 38.0 Å². The molecule has 2 aromatic carbocycles. The molecule has 0 radical (unpaired) electrons. The van der Waals surface area contributed by atoms with Crippen LogP contribution < -0.4 is 0 Å². The maximum atomic E-state index is 13.7. The lowest BCUT2D eigenvalue weighted by Gasteiger charge is -2.07. The maximum Gasteiger partial charge on any atom is 0.229 e. The van der Waals surface area contributed by atoms with Crippen molar-refractivity contribution in [2.75, 3.05) is 0 Å². The molecule has 4 heteroatoms. The lowest BCUT2D eigenvalue weighted by atomic mass is 10.0. The number of halogens is 1. The van der Waals surface area contributed by atoms with Crippen molar-refractivity contribution in [2.24, 2.45) is 7.05 Å². The van der Waals surface area contributed by atoms with Crippen molar-refractivity contribution in [3.8, 4) is 17.3 Å². The molecular formula is C14H11FN2O. The molecule has 18 heavy (non-hydrogen) atoms. The molecule has 0 saturated carbocycles. The van der Waals surface area contributed by atoms with Crippen molar-refractivity contribution in [3.63, 3.8) is 0 Å². The third-order valence-corrected chi connectivity index (χ3v) is 2.98. The van der Waals surface area contributed by atoms with E-state index in [9.17, 15) is 9.50 Å². The average molecular weight is 242 g/mol. The van der Waals surface area contributed by atoms with Crippen molar-refractivity contribution in [1.82, 2.24) is 9.55 Å². The predicted octanol–water partition coefficient (Wildman–Crippen LogP) is 3.09. The van der Waals surface area contributed by atoms with E-state index in [1.807, 2.05) is 12.1 Å². The Bertz CT molecular complexity index is 734. The monoisotopic (exact) mass is 242 g/mol. The first kappa shape index (κ1) is 10.8. The van der Waals surface area contributed by atoms with Crippen LogP contribution in [-0.2, 0) is 7.05 Å². The van der Waals surface area contributed by atoms with E-state index in [1.54, 1.807) is 29.8 Å². The summed E-state index contributed by atoms with van der Waals surface area (Å²) in [6.45, 7) is 0. The summed E-state index contributed by atoms with van der Waals surface area (Å²) < 4.78 is 15.4. The Morgan fingerprint density at radius 1 is 1.11 bits per heavy atom. The van der Waals surface area contributed by atoms with Crippen molar-refractivity contribution in [2.45, 2.75) is 0 Å². The highest BCUT2D eigenvalue weighted by molar-refractivity contribution is 5.95. The first-order valence-corrected chi connectivity index (χ1v) is 5.57. The van der Waals surface area contributed by atoms with E-state index in [-0.39, 0.29) is 11.7 Å². The van der Waals surface area contributed by atoms with Gasteiger partial charge in [0.2, 0.25) is 5.88 Å². The quantitative estimate of drug-likeness (QED) is 0.712. The van der Waals surface area contributed by atoms with Gasteiger partial charge in [0, 0.05) is 18.0 Å². The second-order valence-electron chi connectivity index (χ2n) is 4.17. The molecule has 1 N–H and O–H groups in total. The fourth-order valence-electron chi connectivity index (χ4n) is 2.16. The summed E-state index contributed by atoms with van der Waals surface area (Å²) >= 11 is 0. The molecule has 0 fully saturated rings. The molecule has 0 bridgehead atoms. The van der Waals surface area contributed by atoms with Gasteiger partial charge in [-0.05, 0) is 17.5 Å². The Morgan fingerprint density at radius 3 is 2.50 bits per heavy atom. The number of aromatic nitrogens is 2. The van der Waals surface area contributed by atoms with Gasteiger partial charge in [-0.25, -0.2) is 4.39 Å². The standard InChI is InChI=1S/C14H11FN2O/c1-17-8-13(18)16-14(17)11-6-7-12(15)10-5-3-2-4-9(10)11/h2-8,18H,1H3. The number of aromatic hydroxyl groups is 1. The van der Waals surface area contributed by atoms with Gasteiger partial charge in [0.1, 0.15) is 11.6 Å². The van der Waals surface area contributed by atoms with E-state index in [4.69, 9.17) is 0 Å². The van der Waals surface area contributed by atoms with Crippen molar-refractivity contribution in [3.05, 3.63) is 48.4 Å². The molecule has 1 heterocycles. The lowest BCUT2D eigenvalue weighted by molar-refractivity contribution is 0.456. The zero-order chi connectivity index (χ0) is 12.7. The molecule has 0 aliphatic heterocycles. The lowest BCUT2D eigenvalue weighted by Crippen LogP contribution is -1.93. The number of aryl methyl sites for hydroxylation is 1. The van der Waals surface area contributed by atoms with Crippen LogP contribution in [0.2, 0.25) is 0 Å². The van der Waals surface area contributed by atoms with E-state index in [0.29, 0.717) is 11.2 Å². The second kappa shape index (κ2) is 3.84. The second-order valence-corrected chi connectivity index (χ2v) is 4.17. The van der Waals surface area contributed by atoms with Crippen LogP contribution in [0.1, 0.15) is 0 Å². The van der Waals surface area contributed by atoms with E-state index >= 15 is 0 Å². The summed E-state index contributed by atoms with van der Waals surface area (Å²) in [4.78, 5) is 4.06. The highest BCUT2D eigenvalue weighted by atomic mass is 19.1. The normalized spacial score (nSPS) is 11.0. The highest BCUT2D eigenvalue weighted by Crippen LogP contribution is 2.30. The van der Waals surface area contributed by atoms with E-state index in [1.165, 1.54) is 12.3 Å². The van der Waals surface area contributed by atoms with Crippen LogP contribution in [0.15, 0.2) is 42.6 Å². The largest absolute Gasteiger partial charge is 0.492 e. The number of hydrogen-bond donors (Lipinski definition) is 1. The number of fused-ring (bicyclic) bond motifs is 1. The van der Waals surface area contributed by atoms with Crippen LogP contribution in [0.3, 0.4) is 0 Å². The summed E-state index contributed by atoms with van der Waals surface area (Å²) in [6.07, 6.45) is 1.52. The molecule has 0 spiro atoms. The van der Waals surface area contributed by atoms with Gasteiger partial charge in [-0.3, -0.25) is 0 Å². The van der Waals surface area contributed by atoms with Crippen LogP contribution in [-0.4, -0.2) is 14.7 Å². The van der Waals surface area contributed by atoms with E-state index < -0.39 is 0 Å².